The van der Waals surface area contributed by atoms with Crippen molar-refractivity contribution < 1.29 is 8.78 Å². The predicted molar refractivity (Wildman–Crippen MR) is 73.6 cm³/mol. The summed E-state index contributed by atoms with van der Waals surface area (Å²) in [6.45, 7) is 1.61. The highest BCUT2D eigenvalue weighted by Crippen LogP contribution is 2.28. The first-order valence-corrected chi connectivity index (χ1v) is 6.96. The molecule has 1 aliphatic heterocycles. The van der Waals surface area contributed by atoms with Crippen molar-refractivity contribution in [3.8, 4) is 0 Å². The highest BCUT2D eigenvalue weighted by Gasteiger charge is 2.33. The minimum absolute atomic E-state index is 0.0366. The van der Waals surface area contributed by atoms with Crippen LogP contribution in [0.4, 0.5) is 8.78 Å². The van der Waals surface area contributed by atoms with E-state index in [2.05, 4.69) is 27.5 Å². The van der Waals surface area contributed by atoms with Crippen LogP contribution in [0, 0.1) is 3.57 Å². The minimum atomic E-state index is -2.47. The number of piperidine rings is 1. The Labute approximate surface area is 118 Å². The molecule has 1 aromatic rings. The van der Waals surface area contributed by atoms with Gasteiger partial charge in [-0.3, -0.25) is 4.90 Å². The van der Waals surface area contributed by atoms with Gasteiger partial charge in [-0.1, -0.05) is 17.7 Å². The Bertz CT molecular complexity index is 401. The third kappa shape index (κ3) is 3.76. The zero-order valence-electron chi connectivity index (χ0n) is 9.23. The fourth-order valence-corrected chi connectivity index (χ4v) is 2.47. The summed E-state index contributed by atoms with van der Waals surface area (Å²) in [5, 5.41) is 0.727. The van der Waals surface area contributed by atoms with Crippen molar-refractivity contribution >= 4 is 34.2 Å². The molecule has 0 N–H and O–H groups in total. The van der Waals surface area contributed by atoms with Gasteiger partial charge in [0, 0.05) is 36.0 Å². The molecule has 1 aliphatic rings. The van der Waals surface area contributed by atoms with E-state index in [9.17, 15) is 8.78 Å². The molecule has 0 aromatic heterocycles. The van der Waals surface area contributed by atoms with Gasteiger partial charge in [-0.2, -0.15) is 0 Å². The molecule has 0 aliphatic carbocycles. The Kier molecular flexibility index (Phi) is 4.26. The quantitative estimate of drug-likeness (QED) is 0.705. The van der Waals surface area contributed by atoms with Gasteiger partial charge < -0.3 is 0 Å². The van der Waals surface area contributed by atoms with Crippen LogP contribution in [-0.4, -0.2) is 23.9 Å². The van der Waals surface area contributed by atoms with Crippen LogP contribution in [0.1, 0.15) is 18.4 Å². The Morgan fingerprint density at radius 3 is 2.53 bits per heavy atom. The molecule has 0 radical (unpaired) electrons. The van der Waals surface area contributed by atoms with Crippen molar-refractivity contribution in [3.63, 3.8) is 0 Å². The van der Waals surface area contributed by atoms with Crippen molar-refractivity contribution in [1.29, 1.82) is 0 Å². The highest BCUT2D eigenvalue weighted by molar-refractivity contribution is 14.1. The average molecular weight is 372 g/mol. The first kappa shape index (κ1) is 13.5. The lowest BCUT2D eigenvalue weighted by Gasteiger charge is -2.31. The molecule has 1 heterocycles. The molecule has 1 fully saturated rings. The molecule has 5 heteroatoms. The van der Waals surface area contributed by atoms with Crippen LogP contribution >= 0.6 is 34.2 Å². The third-order valence-electron chi connectivity index (χ3n) is 2.98. The van der Waals surface area contributed by atoms with Crippen LogP contribution in [0.3, 0.4) is 0 Å². The monoisotopic (exact) mass is 371 g/mol. The highest BCUT2D eigenvalue weighted by atomic mass is 127. The predicted octanol–water partition coefficient (Wildman–Crippen LogP) is 4.18. The number of alkyl halides is 2. The van der Waals surface area contributed by atoms with Crippen LogP contribution in [0.25, 0.3) is 0 Å². The summed E-state index contributed by atoms with van der Waals surface area (Å²) < 4.78 is 27.0. The lowest BCUT2D eigenvalue weighted by molar-refractivity contribution is -0.0566. The first-order chi connectivity index (χ1) is 7.96. The van der Waals surface area contributed by atoms with E-state index in [1.165, 1.54) is 0 Å². The standard InChI is InChI=1S/C12H13ClF2IN/c13-10-7-9(1-2-11(10)16)8-17-5-3-12(14,15)4-6-17/h1-2,7H,3-6,8H2. The molecule has 0 spiro atoms. The number of benzene rings is 1. The topological polar surface area (TPSA) is 3.24 Å². The van der Waals surface area contributed by atoms with Gasteiger partial charge in [-0.05, 0) is 40.3 Å². The van der Waals surface area contributed by atoms with E-state index in [0.29, 0.717) is 19.6 Å². The van der Waals surface area contributed by atoms with Crippen LogP contribution in [0.2, 0.25) is 5.02 Å². The molecule has 0 amide bonds. The maximum absolute atomic E-state index is 13.0. The van der Waals surface area contributed by atoms with E-state index in [-0.39, 0.29) is 12.8 Å². The summed E-state index contributed by atoms with van der Waals surface area (Å²) in [4.78, 5) is 2.05. The lowest BCUT2D eigenvalue weighted by atomic mass is 10.1. The van der Waals surface area contributed by atoms with E-state index < -0.39 is 5.92 Å². The van der Waals surface area contributed by atoms with Crippen molar-refractivity contribution in [3.05, 3.63) is 32.4 Å². The molecule has 0 unspecified atom stereocenters. The zero-order chi connectivity index (χ0) is 12.5. The number of likely N-dealkylation sites (tertiary alicyclic amines) is 1. The molecule has 0 bridgehead atoms. The van der Waals surface area contributed by atoms with Gasteiger partial charge in [-0.15, -0.1) is 0 Å². The zero-order valence-corrected chi connectivity index (χ0v) is 12.1. The molecule has 0 saturated carbocycles. The maximum Gasteiger partial charge on any atom is 0.250 e. The van der Waals surface area contributed by atoms with Gasteiger partial charge in [0.05, 0.1) is 5.02 Å². The fraction of sp³-hybridized carbons (Fsp3) is 0.500. The molecular formula is C12H13ClF2IN. The van der Waals surface area contributed by atoms with Gasteiger partial charge in [0.2, 0.25) is 0 Å². The molecule has 1 nitrogen and oxygen atoms in total. The van der Waals surface area contributed by atoms with Crippen molar-refractivity contribution in [2.75, 3.05) is 13.1 Å². The summed E-state index contributed by atoms with van der Waals surface area (Å²) in [5.74, 6) is -2.47. The Morgan fingerprint density at radius 1 is 1.29 bits per heavy atom. The molecule has 1 saturated heterocycles. The lowest BCUT2D eigenvalue weighted by Crippen LogP contribution is -2.38. The summed E-state index contributed by atoms with van der Waals surface area (Å²) in [5.41, 5.74) is 1.08. The average Bonchev–Trinajstić information content (AvgIpc) is 2.27. The molecule has 2 rings (SSSR count). The summed E-state index contributed by atoms with van der Waals surface area (Å²) >= 11 is 8.20. The van der Waals surface area contributed by atoms with E-state index >= 15 is 0 Å². The minimum Gasteiger partial charge on any atom is -0.299 e. The number of halogens is 4. The molecule has 0 atom stereocenters. The van der Waals surface area contributed by atoms with Gasteiger partial charge in [-0.25, -0.2) is 8.78 Å². The van der Waals surface area contributed by atoms with Gasteiger partial charge in [0.1, 0.15) is 0 Å². The maximum atomic E-state index is 13.0. The largest absolute Gasteiger partial charge is 0.299 e. The van der Waals surface area contributed by atoms with E-state index in [1.54, 1.807) is 0 Å². The molecular weight excluding hydrogens is 358 g/mol. The Balaban J connectivity index is 1.95. The normalized spacial score (nSPS) is 20.5. The van der Waals surface area contributed by atoms with Crippen molar-refractivity contribution in [2.24, 2.45) is 0 Å². The molecule has 1 aromatic carbocycles. The summed E-state index contributed by atoms with van der Waals surface area (Å²) in [6.07, 6.45) is -0.0732. The van der Waals surface area contributed by atoms with Crippen molar-refractivity contribution in [2.45, 2.75) is 25.3 Å². The molecule has 94 valence electrons. The first-order valence-electron chi connectivity index (χ1n) is 5.50. The second-order valence-corrected chi connectivity index (χ2v) is 5.95. The summed E-state index contributed by atoms with van der Waals surface area (Å²) in [6, 6.07) is 5.87. The van der Waals surface area contributed by atoms with E-state index in [4.69, 9.17) is 11.6 Å². The van der Waals surface area contributed by atoms with Crippen LogP contribution < -0.4 is 0 Å². The number of hydrogen-bond acceptors (Lipinski definition) is 1. The van der Waals surface area contributed by atoms with E-state index in [0.717, 1.165) is 14.2 Å². The van der Waals surface area contributed by atoms with E-state index in [1.807, 2.05) is 18.2 Å². The second kappa shape index (κ2) is 5.36. The fourth-order valence-electron chi connectivity index (χ4n) is 1.93. The Morgan fingerprint density at radius 2 is 1.94 bits per heavy atom. The smallest absolute Gasteiger partial charge is 0.250 e. The number of hydrogen-bond donors (Lipinski definition) is 0. The van der Waals surface area contributed by atoms with Gasteiger partial charge in [0.25, 0.3) is 5.92 Å². The van der Waals surface area contributed by atoms with Gasteiger partial charge in [0.15, 0.2) is 0 Å². The summed E-state index contributed by atoms with van der Waals surface area (Å²) in [7, 11) is 0. The number of rotatable bonds is 2. The van der Waals surface area contributed by atoms with Crippen molar-refractivity contribution in [1.82, 2.24) is 4.90 Å². The van der Waals surface area contributed by atoms with Crippen LogP contribution in [-0.2, 0) is 6.54 Å². The van der Waals surface area contributed by atoms with Crippen LogP contribution in [0.15, 0.2) is 18.2 Å². The number of nitrogens with zero attached hydrogens (tertiary/aromatic N) is 1. The SMILES string of the molecule is FC1(F)CCN(Cc2ccc(I)c(Cl)c2)CC1. The second-order valence-electron chi connectivity index (χ2n) is 4.38. The van der Waals surface area contributed by atoms with Crippen LogP contribution in [0.5, 0.6) is 0 Å². The molecule has 17 heavy (non-hydrogen) atoms. The van der Waals surface area contributed by atoms with Gasteiger partial charge >= 0.3 is 0 Å². The third-order valence-corrected chi connectivity index (χ3v) is 4.55. The Hall–Kier alpha value is 0.0600.